The van der Waals surface area contributed by atoms with E-state index in [1.54, 1.807) is 0 Å². The van der Waals surface area contributed by atoms with Crippen molar-refractivity contribution in [2.75, 3.05) is 29.9 Å². The molecule has 3 aromatic rings. The first-order chi connectivity index (χ1) is 15.1. The van der Waals surface area contributed by atoms with E-state index in [0.29, 0.717) is 6.54 Å². The number of fused-ring (bicyclic) bond motifs is 2. The van der Waals surface area contributed by atoms with Crippen LogP contribution in [0.25, 0.3) is 10.9 Å². The van der Waals surface area contributed by atoms with Crippen LogP contribution in [0.3, 0.4) is 0 Å². The van der Waals surface area contributed by atoms with Crippen molar-refractivity contribution < 1.29 is 4.79 Å². The molecule has 3 N–H and O–H groups in total. The van der Waals surface area contributed by atoms with Gasteiger partial charge in [0.25, 0.3) is 5.91 Å². The van der Waals surface area contributed by atoms with E-state index in [9.17, 15) is 4.79 Å². The minimum Gasteiger partial charge on any atom is -0.359 e. The number of carbonyl (C=O) groups excluding carboxylic acids is 1. The van der Waals surface area contributed by atoms with Gasteiger partial charge in [-0.25, -0.2) is 0 Å². The second kappa shape index (κ2) is 7.93. The van der Waals surface area contributed by atoms with E-state index in [2.05, 4.69) is 65.0 Å². The molecule has 2 unspecified atom stereocenters. The summed E-state index contributed by atoms with van der Waals surface area (Å²) in [6.45, 7) is 7.59. The van der Waals surface area contributed by atoms with E-state index in [4.69, 9.17) is 5.73 Å². The Balaban J connectivity index is 1.48. The third kappa shape index (κ3) is 3.35. The van der Waals surface area contributed by atoms with Gasteiger partial charge in [0.2, 0.25) is 0 Å². The fourth-order valence-corrected chi connectivity index (χ4v) is 5.17. The Bertz CT molecular complexity index is 1120. The predicted molar refractivity (Wildman–Crippen MR) is 127 cm³/mol. The van der Waals surface area contributed by atoms with Crippen LogP contribution in [0.4, 0.5) is 11.4 Å². The first kappa shape index (κ1) is 19.9. The number of carbonyl (C=O) groups is 1. The average Bonchev–Trinajstić information content (AvgIpc) is 3.35. The molecule has 6 heteroatoms. The number of para-hydroxylation sites is 1. The minimum atomic E-state index is 0.0427. The summed E-state index contributed by atoms with van der Waals surface area (Å²) in [6.07, 6.45) is 2.01. The second-order valence-corrected chi connectivity index (χ2v) is 8.59. The van der Waals surface area contributed by atoms with Gasteiger partial charge in [-0.3, -0.25) is 4.79 Å². The second-order valence-electron chi connectivity index (χ2n) is 8.59. The van der Waals surface area contributed by atoms with E-state index in [-0.39, 0.29) is 18.1 Å². The Morgan fingerprint density at radius 2 is 1.97 bits per heavy atom. The molecule has 1 saturated heterocycles. The Kier molecular flexibility index (Phi) is 5.10. The highest BCUT2D eigenvalue weighted by atomic mass is 16.2. The van der Waals surface area contributed by atoms with Gasteiger partial charge in [0.05, 0.1) is 17.1 Å². The van der Waals surface area contributed by atoms with Crippen LogP contribution in [0.2, 0.25) is 0 Å². The summed E-state index contributed by atoms with van der Waals surface area (Å²) >= 11 is 0. The molecule has 0 bridgehead atoms. The molecule has 2 aliphatic rings. The lowest BCUT2D eigenvalue weighted by molar-refractivity contribution is 0.0709. The van der Waals surface area contributed by atoms with Gasteiger partial charge in [-0.1, -0.05) is 18.2 Å². The van der Waals surface area contributed by atoms with Crippen molar-refractivity contribution in [1.82, 2.24) is 9.47 Å². The number of nitrogens with two attached hydrogens (primary N) is 1. The maximum Gasteiger partial charge on any atom is 0.253 e. The van der Waals surface area contributed by atoms with Gasteiger partial charge in [0.15, 0.2) is 0 Å². The number of nitrogens with one attached hydrogen (secondary N) is 1. The summed E-state index contributed by atoms with van der Waals surface area (Å²) in [5, 5.41) is 4.96. The van der Waals surface area contributed by atoms with Crippen LogP contribution in [0.1, 0.15) is 48.9 Å². The number of rotatable bonds is 4. The van der Waals surface area contributed by atoms with Crippen molar-refractivity contribution in [3.63, 3.8) is 0 Å². The highest BCUT2D eigenvalue weighted by Crippen LogP contribution is 2.42. The molecule has 0 aliphatic carbocycles. The fraction of sp³-hybridized carbons (Fsp3) is 0.400. The first-order valence-corrected chi connectivity index (χ1v) is 11.4. The zero-order valence-corrected chi connectivity index (χ0v) is 18.3. The molecule has 2 atom stereocenters. The van der Waals surface area contributed by atoms with Crippen LogP contribution in [0, 0.1) is 0 Å². The van der Waals surface area contributed by atoms with Gasteiger partial charge in [-0.2, -0.15) is 0 Å². The van der Waals surface area contributed by atoms with Gasteiger partial charge in [0, 0.05) is 48.7 Å². The number of likely N-dealkylation sites (tertiary alicyclic amines) is 1. The van der Waals surface area contributed by atoms with Gasteiger partial charge in [0.1, 0.15) is 6.17 Å². The smallest absolute Gasteiger partial charge is 0.253 e. The Hall–Kier alpha value is -2.99. The average molecular weight is 418 g/mol. The Morgan fingerprint density at radius 1 is 1.13 bits per heavy atom. The number of piperidine rings is 1. The standard InChI is InChI=1S/C25H31N5O/c1-3-29-21-10-6-5-8-17(21)15-23(29)24-27-20-14-18(11-12-22(20)30(24)4-2)25(31)28-13-7-9-19(26)16-28/h5-6,8,10-12,14-15,19,24,27H,3-4,7,9,13,16,26H2,1-2H3. The molecule has 2 aliphatic heterocycles. The Labute approximate surface area is 183 Å². The molecule has 5 rings (SSSR count). The number of benzene rings is 2. The van der Waals surface area contributed by atoms with Gasteiger partial charge in [-0.15, -0.1) is 0 Å². The predicted octanol–water partition coefficient (Wildman–Crippen LogP) is 4.18. The third-order valence-electron chi connectivity index (χ3n) is 6.68. The largest absolute Gasteiger partial charge is 0.359 e. The van der Waals surface area contributed by atoms with Crippen LogP contribution < -0.4 is 16.0 Å². The Morgan fingerprint density at radius 3 is 2.74 bits per heavy atom. The molecule has 162 valence electrons. The SMILES string of the molecule is CCN1c2ccc(C(=O)N3CCCC(N)C3)cc2NC1c1cc2ccccc2n1CC. The van der Waals surface area contributed by atoms with Gasteiger partial charge < -0.3 is 25.4 Å². The van der Waals surface area contributed by atoms with Gasteiger partial charge >= 0.3 is 0 Å². The fourth-order valence-electron chi connectivity index (χ4n) is 5.17. The molecule has 1 fully saturated rings. The number of amides is 1. The van der Waals surface area contributed by atoms with E-state index in [1.165, 1.54) is 16.6 Å². The van der Waals surface area contributed by atoms with Crippen molar-refractivity contribution in [2.24, 2.45) is 5.73 Å². The number of hydrogen-bond donors (Lipinski definition) is 2. The molecule has 1 aromatic heterocycles. The summed E-state index contributed by atoms with van der Waals surface area (Å²) in [5.74, 6) is 0.0777. The lowest BCUT2D eigenvalue weighted by Gasteiger charge is -2.31. The topological polar surface area (TPSA) is 66.5 Å². The van der Waals surface area contributed by atoms with Crippen molar-refractivity contribution in [3.05, 3.63) is 59.8 Å². The zero-order chi connectivity index (χ0) is 21.5. The summed E-state index contributed by atoms with van der Waals surface area (Å²) in [4.78, 5) is 17.4. The highest BCUT2D eigenvalue weighted by molar-refractivity contribution is 5.97. The minimum absolute atomic E-state index is 0.0427. The van der Waals surface area contributed by atoms with Crippen molar-refractivity contribution >= 4 is 28.2 Å². The summed E-state index contributed by atoms with van der Waals surface area (Å²) < 4.78 is 2.38. The first-order valence-electron chi connectivity index (χ1n) is 11.4. The molecule has 1 amide bonds. The summed E-state index contributed by atoms with van der Waals surface area (Å²) in [7, 11) is 0. The van der Waals surface area contributed by atoms with Gasteiger partial charge in [-0.05, 0) is 57.0 Å². The number of aryl methyl sites for hydroxylation is 1. The van der Waals surface area contributed by atoms with Crippen molar-refractivity contribution in [3.8, 4) is 0 Å². The maximum absolute atomic E-state index is 13.1. The zero-order valence-electron chi connectivity index (χ0n) is 18.3. The van der Waals surface area contributed by atoms with Crippen LogP contribution >= 0.6 is 0 Å². The van der Waals surface area contributed by atoms with E-state index in [0.717, 1.165) is 49.4 Å². The normalized spacial score (nSPS) is 20.7. The highest BCUT2D eigenvalue weighted by Gasteiger charge is 2.32. The summed E-state index contributed by atoms with van der Waals surface area (Å²) in [6, 6.07) is 17.0. The number of nitrogens with zero attached hydrogens (tertiary/aromatic N) is 3. The maximum atomic E-state index is 13.1. The molecule has 0 spiro atoms. The molecule has 31 heavy (non-hydrogen) atoms. The lowest BCUT2D eigenvalue weighted by Crippen LogP contribution is -2.45. The van der Waals surface area contributed by atoms with Crippen molar-refractivity contribution in [2.45, 2.75) is 45.4 Å². The molecule has 2 aromatic carbocycles. The van der Waals surface area contributed by atoms with Crippen molar-refractivity contribution in [1.29, 1.82) is 0 Å². The van der Waals surface area contributed by atoms with E-state index in [1.807, 2.05) is 17.0 Å². The van der Waals surface area contributed by atoms with Crippen LogP contribution in [-0.4, -0.2) is 41.1 Å². The number of anilines is 2. The van der Waals surface area contributed by atoms with Crippen LogP contribution in [0.15, 0.2) is 48.5 Å². The quantitative estimate of drug-likeness (QED) is 0.668. The number of hydrogen-bond acceptors (Lipinski definition) is 4. The van der Waals surface area contributed by atoms with Crippen LogP contribution in [-0.2, 0) is 6.54 Å². The molecular weight excluding hydrogens is 386 g/mol. The van der Waals surface area contributed by atoms with E-state index < -0.39 is 0 Å². The summed E-state index contributed by atoms with van der Waals surface area (Å²) in [5.41, 5.74) is 11.5. The molecule has 3 heterocycles. The van der Waals surface area contributed by atoms with Crippen LogP contribution in [0.5, 0.6) is 0 Å². The monoisotopic (exact) mass is 417 g/mol. The lowest BCUT2D eigenvalue weighted by atomic mass is 10.0. The van der Waals surface area contributed by atoms with E-state index >= 15 is 0 Å². The molecule has 6 nitrogen and oxygen atoms in total. The number of aromatic nitrogens is 1. The third-order valence-corrected chi connectivity index (χ3v) is 6.68. The molecule has 0 saturated carbocycles. The molecule has 0 radical (unpaired) electrons. The molecular formula is C25H31N5O.